The minimum atomic E-state index is -0.204. The lowest BCUT2D eigenvalue weighted by atomic mass is 9.74. The van der Waals surface area contributed by atoms with Crippen LogP contribution in [0, 0.1) is 12.7 Å². The van der Waals surface area contributed by atoms with Gasteiger partial charge in [0.05, 0.1) is 11.7 Å². The first kappa shape index (κ1) is 21.5. The lowest BCUT2D eigenvalue weighted by Gasteiger charge is -2.38. The SMILES string of the molecule is Cc1nc(CCn2ncc3ccccc32)cc(NCC2(c3cccc(F)c3)CCOCC2)n1. The van der Waals surface area contributed by atoms with Crippen LogP contribution in [0.2, 0.25) is 0 Å². The molecule has 33 heavy (non-hydrogen) atoms. The van der Waals surface area contributed by atoms with Gasteiger partial charge in [-0.05, 0) is 43.5 Å². The fraction of sp³-hybridized carbons (Fsp3) is 0.346. The van der Waals surface area contributed by atoms with E-state index >= 15 is 0 Å². The van der Waals surface area contributed by atoms with Crippen molar-refractivity contribution in [1.82, 2.24) is 19.7 Å². The molecule has 0 bridgehead atoms. The predicted octanol–water partition coefficient (Wildman–Crippen LogP) is 4.68. The molecule has 6 nitrogen and oxygen atoms in total. The number of nitrogens with one attached hydrogen (secondary N) is 1. The van der Waals surface area contributed by atoms with Gasteiger partial charge in [-0.3, -0.25) is 4.68 Å². The van der Waals surface area contributed by atoms with E-state index < -0.39 is 0 Å². The Balaban J connectivity index is 1.32. The Hall–Kier alpha value is -3.32. The second kappa shape index (κ2) is 9.27. The molecule has 0 atom stereocenters. The van der Waals surface area contributed by atoms with Crippen molar-refractivity contribution in [2.45, 2.75) is 38.1 Å². The van der Waals surface area contributed by atoms with Crippen LogP contribution in [0.25, 0.3) is 10.9 Å². The van der Waals surface area contributed by atoms with Crippen LogP contribution >= 0.6 is 0 Å². The highest BCUT2D eigenvalue weighted by Crippen LogP contribution is 2.35. The highest BCUT2D eigenvalue weighted by atomic mass is 19.1. The summed E-state index contributed by atoms with van der Waals surface area (Å²) >= 11 is 0. The first-order valence-electron chi connectivity index (χ1n) is 11.4. The van der Waals surface area contributed by atoms with Gasteiger partial charge >= 0.3 is 0 Å². The van der Waals surface area contributed by atoms with E-state index in [1.54, 1.807) is 12.1 Å². The van der Waals surface area contributed by atoms with Crippen molar-refractivity contribution < 1.29 is 9.13 Å². The van der Waals surface area contributed by atoms with Crippen molar-refractivity contribution in [3.8, 4) is 0 Å². The lowest BCUT2D eigenvalue weighted by molar-refractivity contribution is 0.0542. The average Bonchev–Trinajstić information content (AvgIpc) is 3.25. The van der Waals surface area contributed by atoms with Gasteiger partial charge in [0.25, 0.3) is 0 Å². The molecule has 7 heteroatoms. The summed E-state index contributed by atoms with van der Waals surface area (Å²) in [6.07, 6.45) is 4.33. The van der Waals surface area contributed by atoms with Gasteiger partial charge in [0.1, 0.15) is 17.5 Å². The van der Waals surface area contributed by atoms with Gasteiger partial charge in [-0.1, -0.05) is 30.3 Å². The zero-order valence-corrected chi connectivity index (χ0v) is 18.8. The number of halogens is 1. The summed E-state index contributed by atoms with van der Waals surface area (Å²) in [4.78, 5) is 9.24. The fourth-order valence-electron chi connectivity index (χ4n) is 4.68. The summed E-state index contributed by atoms with van der Waals surface area (Å²) < 4.78 is 21.6. The summed E-state index contributed by atoms with van der Waals surface area (Å²) in [6.45, 7) is 4.66. The first-order chi connectivity index (χ1) is 16.1. The first-order valence-corrected chi connectivity index (χ1v) is 11.4. The molecule has 1 aliphatic heterocycles. The number of nitrogens with zero attached hydrogens (tertiary/aromatic N) is 4. The Labute approximate surface area is 192 Å². The maximum absolute atomic E-state index is 14.0. The molecule has 0 aliphatic carbocycles. The quantitative estimate of drug-likeness (QED) is 0.448. The summed E-state index contributed by atoms with van der Waals surface area (Å²) in [5.74, 6) is 1.32. The monoisotopic (exact) mass is 445 g/mol. The van der Waals surface area contributed by atoms with Gasteiger partial charge in [0.15, 0.2) is 0 Å². The predicted molar refractivity (Wildman–Crippen MR) is 127 cm³/mol. The van der Waals surface area contributed by atoms with Crippen LogP contribution < -0.4 is 5.32 Å². The van der Waals surface area contributed by atoms with Gasteiger partial charge in [-0.15, -0.1) is 0 Å². The van der Waals surface area contributed by atoms with Crippen LogP contribution in [0.4, 0.5) is 10.2 Å². The highest BCUT2D eigenvalue weighted by molar-refractivity contribution is 5.78. The van der Waals surface area contributed by atoms with E-state index in [0.717, 1.165) is 59.6 Å². The summed E-state index contributed by atoms with van der Waals surface area (Å²) in [7, 11) is 0. The molecule has 170 valence electrons. The Morgan fingerprint density at radius 1 is 1.06 bits per heavy atom. The van der Waals surface area contributed by atoms with E-state index in [0.29, 0.717) is 19.8 Å². The van der Waals surface area contributed by atoms with E-state index in [1.165, 1.54) is 6.07 Å². The van der Waals surface area contributed by atoms with Crippen LogP contribution in [-0.2, 0) is 23.1 Å². The smallest absolute Gasteiger partial charge is 0.129 e. The molecule has 5 rings (SSSR count). The Bertz CT molecular complexity index is 1250. The standard InChI is InChI=1S/C26H28FN5O/c1-19-30-23(9-12-32-24-8-3-2-5-20(24)17-29-32)16-25(31-19)28-18-26(10-13-33-14-11-26)21-6-4-7-22(27)15-21/h2-8,15-17H,9-14,18H2,1H3,(H,28,30,31). The van der Waals surface area contributed by atoms with E-state index in [4.69, 9.17) is 4.74 Å². The molecule has 1 N–H and O–H groups in total. The van der Waals surface area contributed by atoms with Crippen molar-refractivity contribution in [3.63, 3.8) is 0 Å². The second-order valence-corrected chi connectivity index (χ2v) is 8.72. The van der Waals surface area contributed by atoms with Gasteiger partial charge in [0, 0.05) is 55.3 Å². The molecule has 0 amide bonds. The second-order valence-electron chi connectivity index (χ2n) is 8.72. The molecule has 1 aliphatic rings. The number of hydrogen-bond acceptors (Lipinski definition) is 5. The zero-order valence-electron chi connectivity index (χ0n) is 18.8. The van der Waals surface area contributed by atoms with Crippen molar-refractivity contribution in [2.75, 3.05) is 25.1 Å². The number of ether oxygens (including phenoxy) is 1. The lowest BCUT2D eigenvalue weighted by Crippen LogP contribution is -2.40. The maximum Gasteiger partial charge on any atom is 0.129 e. The molecule has 3 heterocycles. The van der Waals surface area contributed by atoms with Crippen LogP contribution in [0.15, 0.2) is 60.8 Å². The summed E-state index contributed by atoms with van der Waals surface area (Å²) in [5, 5.41) is 9.18. The molecular weight excluding hydrogens is 417 g/mol. The van der Waals surface area contributed by atoms with Gasteiger partial charge in [0.2, 0.25) is 0 Å². The van der Waals surface area contributed by atoms with E-state index in [9.17, 15) is 4.39 Å². The number of para-hydroxylation sites is 1. The Morgan fingerprint density at radius 2 is 1.91 bits per heavy atom. The summed E-state index contributed by atoms with van der Waals surface area (Å²) in [6, 6.07) is 17.2. The Kier molecular flexibility index (Phi) is 6.05. The molecule has 1 saturated heterocycles. The number of benzene rings is 2. The van der Waals surface area contributed by atoms with Crippen LogP contribution in [0.1, 0.15) is 29.9 Å². The van der Waals surface area contributed by atoms with Crippen LogP contribution in [-0.4, -0.2) is 39.5 Å². The third-order valence-corrected chi connectivity index (χ3v) is 6.52. The van der Waals surface area contributed by atoms with Gasteiger partial charge < -0.3 is 10.1 Å². The van der Waals surface area contributed by atoms with Crippen molar-refractivity contribution in [2.24, 2.45) is 0 Å². The largest absolute Gasteiger partial charge is 0.381 e. The van der Waals surface area contributed by atoms with E-state index in [-0.39, 0.29) is 11.2 Å². The number of aryl methyl sites for hydroxylation is 3. The van der Waals surface area contributed by atoms with Crippen molar-refractivity contribution in [3.05, 3.63) is 83.7 Å². The molecule has 2 aromatic carbocycles. The summed E-state index contributed by atoms with van der Waals surface area (Å²) in [5.41, 5.74) is 2.91. The average molecular weight is 446 g/mol. The number of aromatic nitrogens is 4. The minimum Gasteiger partial charge on any atom is -0.381 e. The molecule has 4 aromatic rings. The Morgan fingerprint density at radius 3 is 2.76 bits per heavy atom. The molecule has 0 radical (unpaired) electrons. The third-order valence-electron chi connectivity index (χ3n) is 6.52. The third kappa shape index (κ3) is 4.73. The van der Waals surface area contributed by atoms with Crippen molar-refractivity contribution in [1.29, 1.82) is 0 Å². The van der Waals surface area contributed by atoms with Crippen molar-refractivity contribution >= 4 is 16.7 Å². The molecule has 0 saturated carbocycles. The number of hydrogen-bond donors (Lipinski definition) is 1. The molecule has 0 spiro atoms. The van der Waals surface area contributed by atoms with Gasteiger partial charge in [-0.2, -0.15) is 5.10 Å². The number of fused-ring (bicyclic) bond motifs is 1. The fourth-order valence-corrected chi connectivity index (χ4v) is 4.68. The zero-order chi connectivity index (χ0) is 22.7. The maximum atomic E-state index is 14.0. The number of anilines is 1. The normalized spacial score (nSPS) is 15.6. The molecule has 0 unspecified atom stereocenters. The van der Waals surface area contributed by atoms with E-state index in [2.05, 4.69) is 32.5 Å². The van der Waals surface area contributed by atoms with Crippen LogP contribution in [0.3, 0.4) is 0 Å². The molecule has 1 fully saturated rings. The highest BCUT2D eigenvalue weighted by Gasteiger charge is 2.34. The number of rotatable bonds is 7. The molecule has 2 aromatic heterocycles. The minimum absolute atomic E-state index is 0.187. The molecular formula is C26H28FN5O. The van der Waals surface area contributed by atoms with E-state index in [1.807, 2.05) is 42.1 Å². The topological polar surface area (TPSA) is 64.9 Å². The van der Waals surface area contributed by atoms with Gasteiger partial charge in [-0.25, -0.2) is 14.4 Å². The van der Waals surface area contributed by atoms with Crippen LogP contribution in [0.5, 0.6) is 0 Å².